The van der Waals surface area contributed by atoms with Gasteiger partial charge in [0.05, 0.1) is 0 Å². The minimum Gasteiger partial charge on any atom is -0.339 e. The number of benzene rings is 3. The number of halogens is 1. The molecule has 2 amide bonds. The highest BCUT2D eigenvalue weighted by Gasteiger charge is 2.19. The van der Waals surface area contributed by atoms with Gasteiger partial charge in [-0.2, -0.15) is 0 Å². The predicted octanol–water partition coefficient (Wildman–Crippen LogP) is 2.71. The molecule has 0 saturated carbocycles. The number of hydrogen-bond acceptors (Lipinski definition) is 5. The average Bonchev–Trinajstić information content (AvgIpc) is 2.87. The van der Waals surface area contributed by atoms with E-state index < -0.39 is 17.9 Å². The third-order valence-electron chi connectivity index (χ3n) is 4.99. The lowest BCUT2D eigenvalue weighted by molar-refractivity contribution is -0.130. The first kappa shape index (κ1) is 27.2. The Balaban J connectivity index is 0.00000432. The van der Waals surface area contributed by atoms with Crippen LogP contribution in [0.3, 0.4) is 0 Å². The van der Waals surface area contributed by atoms with E-state index >= 15 is 0 Å². The van der Waals surface area contributed by atoms with E-state index in [4.69, 9.17) is 10.9 Å². The Morgan fingerprint density at radius 2 is 1.34 bits per heavy atom. The van der Waals surface area contributed by atoms with Gasteiger partial charge in [0.1, 0.15) is 11.9 Å². The molecule has 182 valence electrons. The molecule has 0 aliphatic heterocycles. The lowest BCUT2D eigenvalue weighted by Gasteiger charge is -2.14. The molecule has 8 heteroatoms. The van der Waals surface area contributed by atoms with Gasteiger partial charge in [-0.3, -0.25) is 14.8 Å². The number of nitrogens with two attached hydrogens (primary N) is 1. The van der Waals surface area contributed by atoms with Crippen molar-refractivity contribution >= 4 is 11.8 Å². The predicted molar refractivity (Wildman–Crippen MR) is 133 cm³/mol. The van der Waals surface area contributed by atoms with Gasteiger partial charge in [0.2, 0.25) is 0 Å². The normalized spacial score (nSPS) is 10.8. The van der Waals surface area contributed by atoms with Crippen molar-refractivity contribution < 1.29 is 19.2 Å². The summed E-state index contributed by atoms with van der Waals surface area (Å²) in [6, 6.07) is 19.8. The molecule has 0 fully saturated rings. The standard InChI is InChI=1S/C26H25FN4O3.CH4/c27-23-13-9-21(10-14-23)17-29-16-20-5-3-18(4-6-20)1-2-19-7-11-22(12-8-19)25(32)30-24(15-28)26(33)31-34;/h3-14,24,29,34H,15-17,28H2,(H,30,32)(H,31,33);1H4/t24-;/m0./s1. The lowest BCUT2D eigenvalue weighted by atomic mass is 10.1. The summed E-state index contributed by atoms with van der Waals surface area (Å²) < 4.78 is 13.0. The molecular weight excluding hydrogens is 447 g/mol. The second-order valence-electron chi connectivity index (χ2n) is 7.49. The Labute approximate surface area is 204 Å². The number of amides is 2. The molecule has 7 nitrogen and oxygen atoms in total. The third kappa shape index (κ3) is 8.36. The van der Waals surface area contributed by atoms with Crippen molar-refractivity contribution in [2.75, 3.05) is 6.54 Å². The first-order valence-corrected chi connectivity index (χ1v) is 10.6. The largest absolute Gasteiger partial charge is 0.339 e. The SMILES string of the molecule is C.NC[C@H](NC(=O)c1ccc(C#Cc2ccc(CNCc3ccc(F)cc3)cc2)cc1)C(=O)NO. The van der Waals surface area contributed by atoms with E-state index in [0.717, 1.165) is 22.3 Å². The van der Waals surface area contributed by atoms with Crippen LogP contribution in [-0.4, -0.2) is 29.6 Å². The van der Waals surface area contributed by atoms with E-state index in [9.17, 15) is 14.0 Å². The zero-order valence-electron chi connectivity index (χ0n) is 18.3. The van der Waals surface area contributed by atoms with Gasteiger partial charge in [0, 0.05) is 36.3 Å². The summed E-state index contributed by atoms with van der Waals surface area (Å²) >= 11 is 0. The van der Waals surface area contributed by atoms with Gasteiger partial charge in [-0.15, -0.1) is 0 Å². The smallest absolute Gasteiger partial charge is 0.267 e. The molecule has 0 heterocycles. The molecule has 3 aromatic rings. The van der Waals surface area contributed by atoms with Crippen LogP contribution in [0.1, 0.15) is 40.0 Å². The Kier molecular flexibility index (Phi) is 10.6. The summed E-state index contributed by atoms with van der Waals surface area (Å²) in [5, 5.41) is 14.4. The fourth-order valence-corrected chi connectivity index (χ4v) is 3.06. The van der Waals surface area contributed by atoms with Gasteiger partial charge in [0.25, 0.3) is 11.8 Å². The molecule has 0 bridgehead atoms. The molecule has 6 N–H and O–H groups in total. The summed E-state index contributed by atoms with van der Waals surface area (Å²) in [6.45, 7) is 1.18. The van der Waals surface area contributed by atoms with Crippen LogP contribution < -0.4 is 21.8 Å². The van der Waals surface area contributed by atoms with E-state index in [2.05, 4.69) is 22.5 Å². The van der Waals surface area contributed by atoms with E-state index in [1.807, 2.05) is 24.3 Å². The van der Waals surface area contributed by atoms with Gasteiger partial charge < -0.3 is 16.4 Å². The minimum atomic E-state index is -1.03. The maximum absolute atomic E-state index is 13.0. The Hall–Kier alpha value is -4.03. The van der Waals surface area contributed by atoms with Gasteiger partial charge in [0.15, 0.2) is 0 Å². The number of hydroxylamine groups is 1. The molecule has 35 heavy (non-hydrogen) atoms. The van der Waals surface area contributed by atoms with E-state index in [0.29, 0.717) is 18.7 Å². The molecule has 0 radical (unpaired) electrons. The zero-order chi connectivity index (χ0) is 24.3. The summed E-state index contributed by atoms with van der Waals surface area (Å²) in [5.74, 6) is 4.62. The number of carbonyl (C=O) groups excluding carboxylic acids is 2. The van der Waals surface area contributed by atoms with E-state index in [-0.39, 0.29) is 19.8 Å². The Morgan fingerprint density at radius 1 is 0.857 bits per heavy atom. The molecule has 0 aliphatic rings. The molecule has 0 aromatic heterocycles. The topological polar surface area (TPSA) is 116 Å². The van der Waals surface area contributed by atoms with Crippen LogP contribution in [0.25, 0.3) is 0 Å². The van der Waals surface area contributed by atoms with Gasteiger partial charge in [-0.05, 0) is 59.7 Å². The minimum absolute atomic E-state index is 0. The summed E-state index contributed by atoms with van der Waals surface area (Å²) in [7, 11) is 0. The lowest BCUT2D eigenvalue weighted by Crippen LogP contribution is -2.50. The number of nitrogens with one attached hydrogen (secondary N) is 3. The highest BCUT2D eigenvalue weighted by molar-refractivity contribution is 5.97. The summed E-state index contributed by atoms with van der Waals surface area (Å²) in [5.41, 5.74) is 10.9. The van der Waals surface area contributed by atoms with Crippen molar-refractivity contribution in [1.29, 1.82) is 0 Å². The third-order valence-corrected chi connectivity index (χ3v) is 4.99. The number of hydrogen-bond donors (Lipinski definition) is 5. The Morgan fingerprint density at radius 3 is 1.83 bits per heavy atom. The average molecular weight is 477 g/mol. The van der Waals surface area contributed by atoms with Crippen molar-refractivity contribution in [2.24, 2.45) is 5.73 Å². The monoisotopic (exact) mass is 476 g/mol. The van der Waals surface area contributed by atoms with Crippen molar-refractivity contribution in [3.8, 4) is 11.8 Å². The van der Waals surface area contributed by atoms with E-state index in [1.165, 1.54) is 17.6 Å². The number of rotatable bonds is 8. The van der Waals surface area contributed by atoms with Crippen LogP contribution in [-0.2, 0) is 17.9 Å². The second kappa shape index (κ2) is 13.6. The van der Waals surface area contributed by atoms with Gasteiger partial charge >= 0.3 is 0 Å². The molecule has 1 atom stereocenters. The molecule has 3 aromatic carbocycles. The van der Waals surface area contributed by atoms with Crippen LogP contribution >= 0.6 is 0 Å². The summed E-state index contributed by atoms with van der Waals surface area (Å²) in [6.07, 6.45) is 0. The fraction of sp³-hybridized carbons (Fsp3) is 0.185. The van der Waals surface area contributed by atoms with Crippen molar-refractivity contribution in [3.05, 3.63) is 106 Å². The quantitative estimate of drug-likeness (QED) is 0.195. The first-order valence-electron chi connectivity index (χ1n) is 10.6. The summed E-state index contributed by atoms with van der Waals surface area (Å²) in [4.78, 5) is 23.7. The van der Waals surface area contributed by atoms with Gasteiger partial charge in [-0.1, -0.05) is 43.5 Å². The molecule has 0 spiro atoms. The van der Waals surface area contributed by atoms with Crippen molar-refractivity contribution in [2.45, 2.75) is 26.6 Å². The molecule has 0 saturated heterocycles. The van der Waals surface area contributed by atoms with Crippen LogP contribution in [0.4, 0.5) is 4.39 Å². The van der Waals surface area contributed by atoms with E-state index in [1.54, 1.807) is 36.4 Å². The maximum atomic E-state index is 13.0. The Bertz CT molecular complexity index is 1170. The first-order chi connectivity index (χ1) is 16.5. The van der Waals surface area contributed by atoms with Gasteiger partial charge in [-0.25, -0.2) is 9.87 Å². The molecule has 3 rings (SSSR count). The fourth-order valence-electron chi connectivity index (χ4n) is 3.06. The highest BCUT2D eigenvalue weighted by Crippen LogP contribution is 2.07. The van der Waals surface area contributed by atoms with Crippen LogP contribution in [0.2, 0.25) is 0 Å². The maximum Gasteiger partial charge on any atom is 0.267 e. The molecular formula is C27H29FN4O3. The van der Waals surface area contributed by atoms with Crippen LogP contribution in [0.5, 0.6) is 0 Å². The van der Waals surface area contributed by atoms with Crippen molar-refractivity contribution in [1.82, 2.24) is 16.1 Å². The van der Waals surface area contributed by atoms with Crippen molar-refractivity contribution in [3.63, 3.8) is 0 Å². The molecule has 0 unspecified atom stereocenters. The zero-order valence-corrected chi connectivity index (χ0v) is 18.3. The molecule has 0 aliphatic carbocycles. The van der Waals surface area contributed by atoms with Crippen LogP contribution in [0.15, 0.2) is 72.8 Å². The number of carbonyl (C=O) groups is 2. The second-order valence-corrected chi connectivity index (χ2v) is 7.49. The van der Waals surface area contributed by atoms with Crippen LogP contribution in [0, 0.1) is 17.7 Å². The highest BCUT2D eigenvalue weighted by atomic mass is 19.1.